The summed E-state index contributed by atoms with van der Waals surface area (Å²) in [5.74, 6) is -0.565. The van der Waals surface area contributed by atoms with E-state index in [0.29, 0.717) is 22.1 Å². The number of carboxylic acids is 1. The van der Waals surface area contributed by atoms with E-state index < -0.39 is 5.97 Å². The van der Waals surface area contributed by atoms with E-state index in [1.54, 1.807) is 31.2 Å². The topological polar surface area (TPSA) is 63.1 Å². The third kappa shape index (κ3) is 2.26. The number of aromatic carboxylic acids is 1. The molecular weight excluding hydrogens is 240 g/mol. The summed E-state index contributed by atoms with van der Waals surface area (Å²) >= 11 is 6.03. The molecule has 2 aromatic rings. The highest BCUT2D eigenvalue weighted by atomic mass is 35.5. The molecule has 0 aliphatic heterocycles. The van der Waals surface area contributed by atoms with Crippen LogP contribution in [0.5, 0.6) is 0 Å². The van der Waals surface area contributed by atoms with Crippen LogP contribution < -0.4 is 0 Å². The van der Waals surface area contributed by atoms with Crippen molar-refractivity contribution in [2.75, 3.05) is 0 Å². The lowest BCUT2D eigenvalue weighted by Gasteiger charge is -2.07. The van der Waals surface area contributed by atoms with Crippen LogP contribution in [-0.2, 0) is 0 Å². The molecule has 0 aliphatic rings. The number of carbonyl (C=O) groups is 1. The summed E-state index contributed by atoms with van der Waals surface area (Å²) in [4.78, 5) is 19.1. The molecule has 0 aliphatic carbocycles. The van der Waals surface area contributed by atoms with Gasteiger partial charge < -0.3 is 5.11 Å². The number of rotatable bonds is 2. The van der Waals surface area contributed by atoms with E-state index >= 15 is 0 Å². The smallest absolute Gasteiger partial charge is 0.339 e. The first-order valence-electron chi connectivity index (χ1n) is 4.91. The van der Waals surface area contributed by atoms with E-state index in [1.165, 1.54) is 6.20 Å². The fourth-order valence-electron chi connectivity index (χ4n) is 1.49. The minimum absolute atomic E-state index is 0.0451. The molecule has 0 spiro atoms. The van der Waals surface area contributed by atoms with E-state index in [9.17, 15) is 4.79 Å². The van der Waals surface area contributed by atoms with Crippen LogP contribution in [0.1, 0.15) is 16.2 Å². The number of hydrogen-bond donors (Lipinski definition) is 1. The lowest BCUT2D eigenvalue weighted by molar-refractivity contribution is 0.0697. The van der Waals surface area contributed by atoms with Gasteiger partial charge in [0.1, 0.15) is 11.4 Å². The summed E-state index contributed by atoms with van der Waals surface area (Å²) in [6, 6.07) is 6.99. The van der Waals surface area contributed by atoms with E-state index in [0.717, 1.165) is 0 Å². The largest absolute Gasteiger partial charge is 0.478 e. The predicted octanol–water partition coefficient (Wildman–Crippen LogP) is 2.80. The molecule has 4 nitrogen and oxygen atoms in total. The fourth-order valence-corrected chi connectivity index (χ4v) is 1.71. The second kappa shape index (κ2) is 4.51. The average molecular weight is 249 g/mol. The molecule has 0 unspecified atom stereocenters. The Balaban J connectivity index is 2.70. The van der Waals surface area contributed by atoms with Gasteiger partial charge in [0, 0.05) is 16.8 Å². The Labute approximate surface area is 103 Å². The molecule has 0 bridgehead atoms. The normalized spacial score (nSPS) is 10.2. The van der Waals surface area contributed by atoms with Crippen molar-refractivity contribution in [3.05, 3.63) is 46.9 Å². The summed E-state index contributed by atoms with van der Waals surface area (Å²) in [6.45, 7) is 1.70. The maximum absolute atomic E-state index is 11.1. The van der Waals surface area contributed by atoms with Crippen molar-refractivity contribution >= 4 is 17.6 Å². The molecule has 0 amide bonds. The summed E-state index contributed by atoms with van der Waals surface area (Å²) in [6.07, 6.45) is 1.29. The number of hydrogen-bond acceptors (Lipinski definition) is 3. The van der Waals surface area contributed by atoms with Crippen LogP contribution in [0.2, 0.25) is 5.02 Å². The fraction of sp³-hybridized carbons (Fsp3) is 0.0833. The molecule has 0 radical (unpaired) electrons. The van der Waals surface area contributed by atoms with Crippen molar-refractivity contribution in [2.24, 2.45) is 0 Å². The number of aryl methyl sites for hydroxylation is 1. The lowest BCUT2D eigenvalue weighted by atomic mass is 10.1. The van der Waals surface area contributed by atoms with Crippen molar-refractivity contribution in [1.29, 1.82) is 0 Å². The Bertz CT molecular complexity index is 584. The number of nitrogens with zero attached hydrogens (tertiary/aromatic N) is 2. The molecule has 0 atom stereocenters. The van der Waals surface area contributed by atoms with Crippen LogP contribution in [-0.4, -0.2) is 21.0 Å². The van der Waals surface area contributed by atoms with Gasteiger partial charge in [0.15, 0.2) is 0 Å². The second-order valence-corrected chi connectivity index (χ2v) is 3.87. The Morgan fingerprint density at radius 2 is 2.06 bits per heavy atom. The monoisotopic (exact) mass is 248 g/mol. The van der Waals surface area contributed by atoms with E-state index in [1.807, 2.05) is 0 Å². The van der Waals surface area contributed by atoms with Gasteiger partial charge in [-0.2, -0.15) is 0 Å². The molecule has 86 valence electrons. The summed E-state index contributed by atoms with van der Waals surface area (Å²) in [5, 5.41) is 9.55. The third-order valence-electron chi connectivity index (χ3n) is 2.27. The molecule has 1 heterocycles. The van der Waals surface area contributed by atoms with Crippen molar-refractivity contribution in [3.63, 3.8) is 0 Å². The summed E-state index contributed by atoms with van der Waals surface area (Å²) < 4.78 is 0. The minimum Gasteiger partial charge on any atom is -0.478 e. The van der Waals surface area contributed by atoms with Gasteiger partial charge in [0.25, 0.3) is 0 Å². The molecule has 0 saturated heterocycles. The zero-order chi connectivity index (χ0) is 12.4. The SMILES string of the molecule is Cc1ncc(C(=O)O)c(-c2ccccc2Cl)n1. The second-order valence-electron chi connectivity index (χ2n) is 3.46. The van der Waals surface area contributed by atoms with Gasteiger partial charge in [0.05, 0.1) is 5.69 Å². The van der Waals surface area contributed by atoms with Crippen LogP contribution >= 0.6 is 11.6 Å². The van der Waals surface area contributed by atoms with E-state index in [4.69, 9.17) is 16.7 Å². The molecule has 0 fully saturated rings. The van der Waals surface area contributed by atoms with Crippen molar-refractivity contribution in [3.8, 4) is 11.3 Å². The van der Waals surface area contributed by atoms with Crippen molar-refractivity contribution in [1.82, 2.24) is 9.97 Å². The van der Waals surface area contributed by atoms with E-state index in [-0.39, 0.29) is 5.56 Å². The number of halogens is 1. The van der Waals surface area contributed by atoms with Gasteiger partial charge in [-0.3, -0.25) is 0 Å². The van der Waals surface area contributed by atoms with Crippen LogP contribution in [0.15, 0.2) is 30.5 Å². The molecule has 1 aromatic heterocycles. The molecular formula is C12H9ClN2O2. The lowest BCUT2D eigenvalue weighted by Crippen LogP contribution is -2.04. The first kappa shape index (κ1) is 11.5. The highest BCUT2D eigenvalue weighted by molar-refractivity contribution is 6.33. The highest BCUT2D eigenvalue weighted by Gasteiger charge is 2.16. The predicted molar refractivity (Wildman–Crippen MR) is 64.2 cm³/mol. The van der Waals surface area contributed by atoms with Crippen LogP contribution in [0.3, 0.4) is 0 Å². The van der Waals surface area contributed by atoms with Crippen LogP contribution in [0, 0.1) is 6.92 Å². The minimum atomic E-state index is -1.07. The van der Waals surface area contributed by atoms with Crippen molar-refractivity contribution in [2.45, 2.75) is 6.92 Å². The zero-order valence-corrected chi connectivity index (χ0v) is 9.77. The molecule has 1 aromatic carbocycles. The molecule has 5 heteroatoms. The van der Waals surface area contributed by atoms with Crippen molar-refractivity contribution < 1.29 is 9.90 Å². The Morgan fingerprint density at radius 1 is 1.35 bits per heavy atom. The first-order chi connectivity index (χ1) is 8.09. The Kier molecular flexibility index (Phi) is 3.06. The van der Waals surface area contributed by atoms with Gasteiger partial charge in [-0.1, -0.05) is 29.8 Å². The molecule has 17 heavy (non-hydrogen) atoms. The Morgan fingerprint density at radius 3 is 2.71 bits per heavy atom. The molecule has 1 N–H and O–H groups in total. The van der Waals surface area contributed by atoms with Gasteiger partial charge in [0.2, 0.25) is 0 Å². The highest BCUT2D eigenvalue weighted by Crippen LogP contribution is 2.28. The standard InChI is InChI=1S/C12H9ClN2O2/c1-7-14-6-9(12(16)17)11(15-7)8-4-2-3-5-10(8)13/h2-6H,1H3,(H,16,17). The zero-order valence-electron chi connectivity index (χ0n) is 9.01. The summed E-state index contributed by atoms with van der Waals surface area (Å²) in [7, 11) is 0. The maximum atomic E-state index is 11.1. The third-order valence-corrected chi connectivity index (χ3v) is 2.60. The van der Waals surface area contributed by atoms with Gasteiger partial charge in [-0.05, 0) is 13.0 Å². The van der Waals surface area contributed by atoms with Gasteiger partial charge in [-0.25, -0.2) is 14.8 Å². The molecule has 0 saturated carbocycles. The van der Waals surface area contributed by atoms with Crippen LogP contribution in [0.25, 0.3) is 11.3 Å². The average Bonchev–Trinajstić information content (AvgIpc) is 2.29. The number of benzene rings is 1. The van der Waals surface area contributed by atoms with Gasteiger partial charge in [-0.15, -0.1) is 0 Å². The van der Waals surface area contributed by atoms with E-state index in [2.05, 4.69) is 9.97 Å². The molecule has 2 rings (SSSR count). The first-order valence-corrected chi connectivity index (χ1v) is 5.29. The van der Waals surface area contributed by atoms with Gasteiger partial charge >= 0.3 is 5.97 Å². The summed E-state index contributed by atoms with van der Waals surface area (Å²) in [5.41, 5.74) is 0.983. The number of carboxylic acid groups (broad SMARTS) is 1. The Hall–Kier alpha value is -1.94. The number of aromatic nitrogens is 2. The quantitative estimate of drug-likeness (QED) is 0.888. The maximum Gasteiger partial charge on any atom is 0.339 e. The van der Waals surface area contributed by atoms with Crippen LogP contribution in [0.4, 0.5) is 0 Å².